The number of cyclic esters (lactones) is 1. The maximum Gasteiger partial charge on any atom is 0.337 e. The van der Waals surface area contributed by atoms with E-state index in [0.29, 0.717) is 0 Å². The highest BCUT2D eigenvalue weighted by Crippen LogP contribution is 2.24. The molecule has 62 valence electrons. The van der Waals surface area contributed by atoms with Gasteiger partial charge in [-0.1, -0.05) is 0 Å². The molecule has 4 N–H and O–H groups in total. The first kappa shape index (κ1) is 8.35. The van der Waals surface area contributed by atoms with Crippen molar-refractivity contribution < 1.29 is 14.3 Å². The molecule has 1 saturated heterocycles. The summed E-state index contributed by atoms with van der Waals surface area (Å²) in [4.78, 5) is 21.5. The van der Waals surface area contributed by atoms with E-state index < -0.39 is 22.9 Å². The van der Waals surface area contributed by atoms with E-state index in [1.165, 1.54) is 0 Å². The highest BCUT2D eigenvalue weighted by Gasteiger charge is 2.50. The standard InChI is InChI=1S/C5H8N2O3S/c6-3(8)5(7)1-2(11)10-4(5)9/h2,11H,1,7H2,(H2,6,8)/t2?,5-/m1/s1. The number of hydrogen-bond acceptors (Lipinski definition) is 5. The van der Waals surface area contributed by atoms with Gasteiger partial charge in [-0.3, -0.25) is 4.79 Å². The zero-order chi connectivity index (χ0) is 8.65. The van der Waals surface area contributed by atoms with Crippen LogP contribution in [-0.4, -0.2) is 22.9 Å². The molecule has 0 bridgehead atoms. The highest BCUT2D eigenvalue weighted by atomic mass is 32.1. The number of rotatable bonds is 1. The van der Waals surface area contributed by atoms with Gasteiger partial charge in [0.15, 0.2) is 5.54 Å². The fourth-order valence-electron chi connectivity index (χ4n) is 0.830. The summed E-state index contributed by atoms with van der Waals surface area (Å²) in [6.45, 7) is 0. The van der Waals surface area contributed by atoms with Gasteiger partial charge in [0.1, 0.15) is 5.44 Å². The Kier molecular flexibility index (Phi) is 1.81. The van der Waals surface area contributed by atoms with Crippen molar-refractivity contribution in [2.75, 3.05) is 0 Å². The van der Waals surface area contributed by atoms with Gasteiger partial charge < -0.3 is 16.2 Å². The van der Waals surface area contributed by atoms with Crippen molar-refractivity contribution in [2.24, 2.45) is 11.5 Å². The van der Waals surface area contributed by atoms with Crippen molar-refractivity contribution in [3.63, 3.8) is 0 Å². The molecule has 11 heavy (non-hydrogen) atoms. The van der Waals surface area contributed by atoms with Gasteiger partial charge in [0.25, 0.3) is 0 Å². The van der Waals surface area contributed by atoms with Crippen LogP contribution in [0.2, 0.25) is 0 Å². The Bertz CT molecular complexity index is 220. The Morgan fingerprint density at radius 1 is 1.82 bits per heavy atom. The largest absolute Gasteiger partial charge is 0.450 e. The van der Waals surface area contributed by atoms with E-state index in [1.807, 2.05) is 0 Å². The van der Waals surface area contributed by atoms with E-state index >= 15 is 0 Å². The Labute approximate surface area is 68.5 Å². The second-order valence-corrected chi connectivity index (χ2v) is 2.98. The molecule has 1 aliphatic rings. The van der Waals surface area contributed by atoms with Crippen LogP contribution in [0, 0.1) is 0 Å². The zero-order valence-electron chi connectivity index (χ0n) is 5.61. The Morgan fingerprint density at radius 3 is 2.55 bits per heavy atom. The van der Waals surface area contributed by atoms with Crippen LogP contribution in [0.1, 0.15) is 6.42 Å². The average molecular weight is 176 g/mol. The molecule has 6 heteroatoms. The van der Waals surface area contributed by atoms with Crippen molar-refractivity contribution in [3.8, 4) is 0 Å². The lowest BCUT2D eigenvalue weighted by atomic mass is 9.99. The van der Waals surface area contributed by atoms with Gasteiger partial charge in [-0.05, 0) is 0 Å². The number of amides is 1. The summed E-state index contributed by atoms with van der Waals surface area (Å²) in [5.74, 6) is -1.68. The lowest BCUT2D eigenvalue weighted by Crippen LogP contribution is -2.55. The lowest BCUT2D eigenvalue weighted by molar-refractivity contribution is -0.146. The highest BCUT2D eigenvalue weighted by molar-refractivity contribution is 7.80. The number of nitrogens with two attached hydrogens (primary N) is 2. The normalized spacial score (nSPS) is 36.9. The molecule has 1 unspecified atom stereocenters. The van der Waals surface area contributed by atoms with E-state index in [-0.39, 0.29) is 6.42 Å². The van der Waals surface area contributed by atoms with Crippen LogP contribution in [0.3, 0.4) is 0 Å². The van der Waals surface area contributed by atoms with Crippen LogP contribution < -0.4 is 11.5 Å². The molecule has 0 aromatic rings. The van der Waals surface area contributed by atoms with Gasteiger partial charge in [0.2, 0.25) is 5.91 Å². The Morgan fingerprint density at radius 2 is 2.36 bits per heavy atom. The number of thiol groups is 1. The minimum Gasteiger partial charge on any atom is -0.450 e. The van der Waals surface area contributed by atoms with Crippen molar-refractivity contribution in [1.29, 1.82) is 0 Å². The molecule has 1 aliphatic heterocycles. The fraction of sp³-hybridized carbons (Fsp3) is 0.600. The summed E-state index contributed by atoms with van der Waals surface area (Å²) in [5, 5.41) is 0. The topological polar surface area (TPSA) is 95.4 Å². The molecule has 1 fully saturated rings. The van der Waals surface area contributed by atoms with Crippen LogP contribution in [-0.2, 0) is 14.3 Å². The maximum absolute atomic E-state index is 10.9. The molecular weight excluding hydrogens is 168 g/mol. The Balaban J connectivity index is 2.88. The second-order valence-electron chi connectivity index (χ2n) is 2.40. The SMILES string of the molecule is NC(=O)[C@]1(N)CC(S)OC1=O. The first-order valence-electron chi connectivity index (χ1n) is 2.95. The van der Waals surface area contributed by atoms with Gasteiger partial charge in [-0.2, -0.15) is 0 Å². The number of esters is 1. The van der Waals surface area contributed by atoms with Crippen LogP contribution in [0.15, 0.2) is 0 Å². The molecular formula is C5H8N2O3S. The quantitative estimate of drug-likeness (QED) is 0.254. The van der Waals surface area contributed by atoms with E-state index in [0.717, 1.165) is 0 Å². The minimum atomic E-state index is -1.67. The van der Waals surface area contributed by atoms with Crippen molar-refractivity contribution in [3.05, 3.63) is 0 Å². The molecule has 5 nitrogen and oxygen atoms in total. The van der Waals surface area contributed by atoms with Crippen LogP contribution >= 0.6 is 12.6 Å². The predicted molar refractivity (Wildman–Crippen MR) is 39.6 cm³/mol. The Hall–Kier alpha value is -0.750. The molecule has 1 heterocycles. The van der Waals surface area contributed by atoms with Crippen LogP contribution in [0.5, 0.6) is 0 Å². The third-order valence-electron chi connectivity index (χ3n) is 1.54. The van der Waals surface area contributed by atoms with Gasteiger partial charge in [-0.15, -0.1) is 12.6 Å². The number of carbonyl (C=O) groups is 2. The number of primary amides is 1. The number of hydrogen-bond donors (Lipinski definition) is 3. The minimum absolute atomic E-state index is 0.0320. The molecule has 0 spiro atoms. The van der Waals surface area contributed by atoms with Gasteiger partial charge in [-0.25, -0.2) is 4.79 Å². The summed E-state index contributed by atoms with van der Waals surface area (Å²) in [6.07, 6.45) is 0.0320. The van der Waals surface area contributed by atoms with Crippen LogP contribution in [0.25, 0.3) is 0 Å². The monoisotopic (exact) mass is 176 g/mol. The molecule has 0 aliphatic carbocycles. The summed E-state index contributed by atoms with van der Waals surface area (Å²) in [5.41, 5.74) is 7.92. The average Bonchev–Trinajstić information content (AvgIpc) is 2.08. The lowest BCUT2D eigenvalue weighted by Gasteiger charge is -2.12. The summed E-state index contributed by atoms with van der Waals surface area (Å²) >= 11 is 3.83. The maximum atomic E-state index is 10.9. The first-order chi connectivity index (χ1) is 4.97. The van der Waals surface area contributed by atoms with Gasteiger partial charge >= 0.3 is 5.97 Å². The third kappa shape index (κ3) is 1.19. The summed E-state index contributed by atoms with van der Waals surface area (Å²) in [6, 6.07) is 0. The predicted octanol–water partition coefficient (Wildman–Crippen LogP) is -1.63. The second kappa shape index (κ2) is 2.38. The number of carbonyl (C=O) groups excluding carboxylic acids is 2. The molecule has 1 amide bonds. The smallest absolute Gasteiger partial charge is 0.337 e. The molecule has 0 aromatic carbocycles. The van der Waals surface area contributed by atoms with E-state index in [9.17, 15) is 9.59 Å². The molecule has 0 saturated carbocycles. The summed E-state index contributed by atoms with van der Waals surface area (Å²) in [7, 11) is 0. The van der Waals surface area contributed by atoms with E-state index in [2.05, 4.69) is 17.4 Å². The third-order valence-corrected chi connectivity index (χ3v) is 1.83. The zero-order valence-corrected chi connectivity index (χ0v) is 6.51. The molecule has 0 radical (unpaired) electrons. The van der Waals surface area contributed by atoms with Gasteiger partial charge in [0.05, 0.1) is 0 Å². The van der Waals surface area contributed by atoms with Crippen molar-refractivity contribution in [1.82, 2.24) is 0 Å². The van der Waals surface area contributed by atoms with Crippen molar-refractivity contribution >= 4 is 24.5 Å². The van der Waals surface area contributed by atoms with Gasteiger partial charge in [0, 0.05) is 6.42 Å². The first-order valence-corrected chi connectivity index (χ1v) is 3.46. The molecule has 0 aromatic heterocycles. The molecule has 1 rings (SSSR count). The van der Waals surface area contributed by atoms with Crippen molar-refractivity contribution in [2.45, 2.75) is 17.4 Å². The fourth-order valence-corrected chi connectivity index (χ4v) is 1.21. The van der Waals surface area contributed by atoms with Crippen LogP contribution in [0.4, 0.5) is 0 Å². The summed E-state index contributed by atoms with van der Waals surface area (Å²) < 4.78 is 4.54. The number of ether oxygens (including phenoxy) is 1. The van der Waals surface area contributed by atoms with E-state index in [4.69, 9.17) is 11.5 Å². The molecule has 2 atom stereocenters. The van der Waals surface area contributed by atoms with E-state index in [1.54, 1.807) is 0 Å².